The Labute approximate surface area is 209 Å². The first kappa shape index (κ1) is 26.7. The highest BCUT2D eigenvalue weighted by Gasteiger charge is 2.28. The number of amides is 1. The molecule has 0 aliphatic carbocycles. The van der Waals surface area contributed by atoms with Crippen LogP contribution in [0.15, 0.2) is 66.7 Å². The van der Waals surface area contributed by atoms with Gasteiger partial charge in [0.15, 0.2) is 0 Å². The minimum absolute atomic E-state index is 0.0283. The lowest BCUT2D eigenvalue weighted by Gasteiger charge is -2.23. The van der Waals surface area contributed by atoms with E-state index in [1.165, 1.54) is 12.0 Å². The highest BCUT2D eigenvalue weighted by Crippen LogP contribution is 2.22. The molecule has 5 heteroatoms. The number of aliphatic hydroxyl groups excluding tert-OH is 1. The molecule has 0 unspecified atom stereocenters. The lowest BCUT2D eigenvalue weighted by atomic mass is 9.95. The van der Waals surface area contributed by atoms with Gasteiger partial charge in [0.05, 0.1) is 17.7 Å². The third kappa shape index (κ3) is 8.66. The molecular formula is C30H39NO4. The molecule has 0 saturated carbocycles. The summed E-state index contributed by atoms with van der Waals surface area (Å²) >= 11 is 0. The van der Waals surface area contributed by atoms with Crippen LogP contribution in [0.25, 0.3) is 0 Å². The van der Waals surface area contributed by atoms with Crippen molar-refractivity contribution in [3.05, 3.63) is 83.4 Å². The number of carboxylic acid groups (broad SMARTS) is 1. The number of aromatic carboxylic acids is 1. The number of hydrogen-bond acceptors (Lipinski definition) is 3. The Morgan fingerprint density at radius 3 is 2.54 bits per heavy atom. The number of carboxylic acids is 1. The summed E-state index contributed by atoms with van der Waals surface area (Å²) in [7, 11) is 0. The van der Waals surface area contributed by atoms with Gasteiger partial charge >= 0.3 is 5.97 Å². The van der Waals surface area contributed by atoms with Gasteiger partial charge in [-0.3, -0.25) is 4.79 Å². The van der Waals surface area contributed by atoms with E-state index in [-0.39, 0.29) is 17.9 Å². The van der Waals surface area contributed by atoms with Crippen molar-refractivity contribution in [1.29, 1.82) is 0 Å². The minimum atomic E-state index is -0.924. The van der Waals surface area contributed by atoms with Crippen molar-refractivity contribution >= 4 is 11.9 Å². The number of benzene rings is 2. The number of likely N-dealkylation sites (tertiary alicyclic amines) is 1. The maximum Gasteiger partial charge on any atom is 0.335 e. The Morgan fingerprint density at radius 2 is 1.77 bits per heavy atom. The van der Waals surface area contributed by atoms with E-state index in [1.807, 2.05) is 29.2 Å². The van der Waals surface area contributed by atoms with Crippen LogP contribution in [0.1, 0.15) is 73.4 Å². The molecule has 188 valence electrons. The van der Waals surface area contributed by atoms with Crippen LogP contribution in [0.3, 0.4) is 0 Å². The number of unbranched alkanes of at least 4 members (excludes halogenated alkanes) is 2. The smallest absolute Gasteiger partial charge is 0.335 e. The van der Waals surface area contributed by atoms with Gasteiger partial charge in [-0.2, -0.15) is 0 Å². The summed E-state index contributed by atoms with van der Waals surface area (Å²) < 4.78 is 0. The highest BCUT2D eigenvalue weighted by molar-refractivity contribution is 5.87. The van der Waals surface area contributed by atoms with Crippen LogP contribution < -0.4 is 0 Å². The Hall–Kier alpha value is -2.92. The molecule has 2 aromatic rings. The molecule has 3 atom stereocenters. The second-order valence-electron chi connectivity index (χ2n) is 9.74. The number of nitrogens with zero attached hydrogens (tertiary/aromatic N) is 1. The van der Waals surface area contributed by atoms with Gasteiger partial charge in [-0.15, -0.1) is 0 Å². The van der Waals surface area contributed by atoms with Gasteiger partial charge in [0.2, 0.25) is 5.91 Å². The SMILES string of the molecule is C[C@@H](CCCCCc1ccccc1)[C@H](O)C=C[C@H]1CCC(=O)N1CCCc1cccc(C(=O)O)c1. The summed E-state index contributed by atoms with van der Waals surface area (Å²) in [5.41, 5.74) is 2.64. The van der Waals surface area contributed by atoms with E-state index in [9.17, 15) is 14.7 Å². The Morgan fingerprint density at radius 1 is 1.03 bits per heavy atom. The number of aliphatic hydroxyl groups is 1. The first-order valence-electron chi connectivity index (χ1n) is 13.0. The molecule has 2 N–H and O–H groups in total. The van der Waals surface area contributed by atoms with Crippen molar-refractivity contribution in [2.24, 2.45) is 5.92 Å². The quantitative estimate of drug-likeness (QED) is 0.272. The van der Waals surface area contributed by atoms with Crippen molar-refractivity contribution in [2.45, 2.75) is 76.9 Å². The third-order valence-electron chi connectivity index (χ3n) is 6.99. The average molecular weight is 478 g/mol. The molecule has 1 aliphatic heterocycles. The lowest BCUT2D eigenvalue weighted by molar-refractivity contribution is -0.128. The van der Waals surface area contributed by atoms with Crippen LogP contribution in [-0.4, -0.2) is 45.7 Å². The predicted molar refractivity (Wildman–Crippen MR) is 139 cm³/mol. The van der Waals surface area contributed by atoms with Crippen LogP contribution >= 0.6 is 0 Å². The monoisotopic (exact) mass is 477 g/mol. The van der Waals surface area contributed by atoms with E-state index >= 15 is 0 Å². The zero-order chi connectivity index (χ0) is 25.0. The third-order valence-corrected chi connectivity index (χ3v) is 6.99. The predicted octanol–water partition coefficient (Wildman–Crippen LogP) is 5.66. The summed E-state index contributed by atoms with van der Waals surface area (Å²) in [6.07, 6.45) is 11.7. The van der Waals surface area contributed by atoms with E-state index in [0.717, 1.165) is 50.5 Å². The summed E-state index contributed by atoms with van der Waals surface area (Å²) in [4.78, 5) is 25.5. The van der Waals surface area contributed by atoms with Gasteiger partial charge in [0.1, 0.15) is 0 Å². The number of carbonyl (C=O) groups excluding carboxylic acids is 1. The molecule has 0 aromatic heterocycles. The van der Waals surface area contributed by atoms with Gasteiger partial charge in [0, 0.05) is 13.0 Å². The van der Waals surface area contributed by atoms with Crippen molar-refractivity contribution in [2.75, 3.05) is 6.54 Å². The molecule has 5 nitrogen and oxygen atoms in total. The van der Waals surface area contributed by atoms with Gasteiger partial charge in [-0.1, -0.05) is 74.4 Å². The van der Waals surface area contributed by atoms with E-state index in [1.54, 1.807) is 18.2 Å². The van der Waals surface area contributed by atoms with Crippen LogP contribution in [-0.2, 0) is 17.6 Å². The van der Waals surface area contributed by atoms with Gasteiger partial charge in [-0.25, -0.2) is 4.79 Å². The van der Waals surface area contributed by atoms with E-state index < -0.39 is 12.1 Å². The molecule has 1 aliphatic rings. The molecule has 2 aromatic carbocycles. The first-order valence-corrected chi connectivity index (χ1v) is 13.0. The fourth-order valence-electron chi connectivity index (χ4n) is 4.78. The van der Waals surface area contributed by atoms with Crippen LogP contribution in [0.2, 0.25) is 0 Å². The molecule has 0 radical (unpaired) electrons. The molecule has 35 heavy (non-hydrogen) atoms. The van der Waals surface area contributed by atoms with Crippen molar-refractivity contribution in [1.82, 2.24) is 4.90 Å². The average Bonchev–Trinajstić information content (AvgIpc) is 3.22. The number of carbonyl (C=O) groups is 2. The Bertz CT molecular complexity index is 971. The normalized spacial score (nSPS) is 17.7. The number of hydrogen-bond donors (Lipinski definition) is 2. The summed E-state index contributed by atoms with van der Waals surface area (Å²) in [6.45, 7) is 2.73. The summed E-state index contributed by atoms with van der Waals surface area (Å²) in [5.74, 6) is -0.582. The largest absolute Gasteiger partial charge is 0.478 e. The Balaban J connectivity index is 1.38. The fourth-order valence-corrected chi connectivity index (χ4v) is 4.78. The molecule has 1 amide bonds. The van der Waals surface area contributed by atoms with E-state index in [0.29, 0.717) is 18.5 Å². The zero-order valence-electron chi connectivity index (χ0n) is 20.8. The summed E-state index contributed by atoms with van der Waals surface area (Å²) in [6, 6.07) is 17.6. The highest BCUT2D eigenvalue weighted by atomic mass is 16.4. The molecule has 1 saturated heterocycles. The first-order chi connectivity index (χ1) is 16.9. The molecule has 0 spiro atoms. The Kier molecular flexibility index (Phi) is 10.5. The van der Waals surface area contributed by atoms with Crippen molar-refractivity contribution < 1.29 is 19.8 Å². The number of rotatable bonds is 14. The van der Waals surface area contributed by atoms with E-state index in [2.05, 4.69) is 31.2 Å². The maximum atomic E-state index is 12.4. The lowest BCUT2D eigenvalue weighted by Crippen LogP contribution is -2.33. The van der Waals surface area contributed by atoms with E-state index in [4.69, 9.17) is 5.11 Å². The second kappa shape index (κ2) is 13.8. The van der Waals surface area contributed by atoms with Crippen molar-refractivity contribution in [3.8, 4) is 0 Å². The molecule has 1 heterocycles. The van der Waals surface area contributed by atoms with Crippen LogP contribution in [0, 0.1) is 5.92 Å². The van der Waals surface area contributed by atoms with Gasteiger partial charge in [-0.05, 0) is 67.7 Å². The van der Waals surface area contributed by atoms with Gasteiger partial charge < -0.3 is 15.1 Å². The number of aryl methyl sites for hydroxylation is 2. The molecule has 0 bridgehead atoms. The van der Waals surface area contributed by atoms with Crippen LogP contribution in [0.5, 0.6) is 0 Å². The standard InChI is InChI=1S/C30H39NO4/c1-23(10-4-2-5-11-24-12-6-3-7-13-24)28(32)19-17-27-18-20-29(33)31(27)21-9-15-25-14-8-16-26(22-25)30(34)35/h3,6-8,12-14,16-17,19,22-23,27-28,32H,2,4-5,9-11,15,18,20-21H2,1H3,(H,34,35)/t23-,27-,28+/m0/s1. The topological polar surface area (TPSA) is 77.8 Å². The zero-order valence-corrected chi connectivity index (χ0v) is 20.8. The molecule has 3 rings (SSSR count). The maximum absolute atomic E-state index is 12.4. The second-order valence-corrected chi connectivity index (χ2v) is 9.74. The fraction of sp³-hybridized carbons (Fsp3) is 0.467. The van der Waals surface area contributed by atoms with Gasteiger partial charge in [0.25, 0.3) is 0 Å². The molecular weight excluding hydrogens is 438 g/mol. The van der Waals surface area contributed by atoms with Crippen molar-refractivity contribution in [3.63, 3.8) is 0 Å². The summed E-state index contributed by atoms with van der Waals surface area (Å²) in [5, 5.41) is 19.8. The molecule has 1 fully saturated rings. The minimum Gasteiger partial charge on any atom is -0.478 e. The van der Waals surface area contributed by atoms with Crippen LogP contribution in [0.4, 0.5) is 0 Å².